The Labute approximate surface area is 177 Å². The van der Waals surface area contributed by atoms with Gasteiger partial charge in [-0.15, -0.1) is 0 Å². The first-order valence-electron chi connectivity index (χ1n) is 10.4. The number of amides is 2. The lowest BCUT2D eigenvalue weighted by Crippen LogP contribution is -2.48. The quantitative estimate of drug-likeness (QED) is 0.772. The molecule has 0 unspecified atom stereocenters. The van der Waals surface area contributed by atoms with Crippen molar-refractivity contribution in [3.63, 3.8) is 0 Å². The molecular formula is C24H27ClN2O2. The highest BCUT2D eigenvalue weighted by molar-refractivity contribution is 6.31. The molecule has 2 aromatic rings. The number of hydrogen-bond donors (Lipinski definition) is 1. The van der Waals surface area contributed by atoms with Crippen molar-refractivity contribution in [2.75, 3.05) is 0 Å². The van der Waals surface area contributed by atoms with E-state index in [9.17, 15) is 9.59 Å². The fourth-order valence-electron chi connectivity index (χ4n) is 4.67. The molecule has 4 rings (SSSR count). The van der Waals surface area contributed by atoms with Gasteiger partial charge in [0.05, 0.1) is 0 Å². The average Bonchev–Trinajstić information content (AvgIpc) is 2.99. The molecule has 1 fully saturated rings. The third kappa shape index (κ3) is 3.78. The summed E-state index contributed by atoms with van der Waals surface area (Å²) in [4.78, 5) is 28.2. The summed E-state index contributed by atoms with van der Waals surface area (Å²) in [6.45, 7) is 4.77. The second-order valence-electron chi connectivity index (χ2n) is 8.40. The molecule has 5 heteroatoms. The number of carbonyl (C=O) groups excluding carboxylic acids is 2. The second-order valence-corrected chi connectivity index (χ2v) is 8.80. The highest BCUT2D eigenvalue weighted by atomic mass is 35.5. The van der Waals surface area contributed by atoms with E-state index < -0.39 is 6.04 Å². The van der Waals surface area contributed by atoms with Crippen LogP contribution in [0.2, 0.25) is 5.02 Å². The van der Waals surface area contributed by atoms with Crippen molar-refractivity contribution in [2.45, 2.75) is 51.7 Å². The van der Waals surface area contributed by atoms with Gasteiger partial charge in [0.2, 0.25) is 5.91 Å². The van der Waals surface area contributed by atoms with E-state index in [0.29, 0.717) is 29.0 Å². The Kier molecular flexibility index (Phi) is 5.64. The van der Waals surface area contributed by atoms with Crippen LogP contribution in [0.3, 0.4) is 0 Å². The van der Waals surface area contributed by atoms with E-state index in [1.807, 2.05) is 42.5 Å². The lowest BCUT2D eigenvalue weighted by molar-refractivity contribution is -0.127. The van der Waals surface area contributed by atoms with Crippen LogP contribution in [0.1, 0.15) is 60.6 Å². The zero-order valence-corrected chi connectivity index (χ0v) is 17.7. The summed E-state index contributed by atoms with van der Waals surface area (Å²) in [5, 5.41) is 3.87. The van der Waals surface area contributed by atoms with Gasteiger partial charge in [-0.05, 0) is 41.5 Å². The van der Waals surface area contributed by atoms with Gasteiger partial charge in [-0.3, -0.25) is 9.59 Å². The van der Waals surface area contributed by atoms with E-state index in [1.54, 1.807) is 11.0 Å². The molecular weight excluding hydrogens is 384 g/mol. The first-order chi connectivity index (χ1) is 14.0. The number of nitrogens with zero attached hydrogens (tertiary/aromatic N) is 1. The number of benzene rings is 2. The fourth-order valence-corrected chi connectivity index (χ4v) is 4.87. The monoisotopic (exact) mass is 410 g/mol. The molecule has 0 aromatic heterocycles. The molecule has 0 radical (unpaired) electrons. The minimum atomic E-state index is -0.626. The minimum absolute atomic E-state index is 0.0960. The lowest BCUT2D eigenvalue weighted by atomic mass is 9.78. The average molecular weight is 411 g/mol. The molecule has 0 bridgehead atoms. The summed E-state index contributed by atoms with van der Waals surface area (Å²) in [6, 6.07) is 14.4. The Morgan fingerprint density at radius 2 is 1.83 bits per heavy atom. The number of halogens is 1. The van der Waals surface area contributed by atoms with Gasteiger partial charge >= 0.3 is 0 Å². The molecule has 2 aliphatic rings. The number of hydrogen-bond acceptors (Lipinski definition) is 2. The molecule has 1 aliphatic heterocycles. The largest absolute Gasteiger partial charge is 0.351 e. The number of carbonyl (C=O) groups is 2. The molecule has 0 saturated heterocycles. The summed E-state index contributed by atoms with van der Waals surface area (Å²) in [5.41, 5.74) is 2.22. The maximum Gasteiger partial charge on any atom is 0.255 e. The van der Waals surface area contributed by atoms with E-state index in [4.69, 9.17) is 11.6 Å². The van der Waals surface area contributed by atoms with Crippen LogP contribution in [0.25, 0.3) is 0 Å². The third-order valence-electron chi connectivity index (χ3n) is 6.64. The van der Waals surface area contributed by atoms with Crippen molar-refractivity contribution in [1.82, 2.24) is 10.2 Å². The van der Waals surface area contributed by atoms with E-state index in [-0.39, 0.29) is 17.9 Å². The van der Waals surface area contributed by atoms with Gasteiger partial charge in [0, 0.05) is 23.2 Å². The molecule has 4 atom stereocenters. The minimum Gasteiger partial charge on any atom is -0.351 e. The Balaban J connectivity index is 1.63. The summed E-state index contributed by atoms with van der Waals surface area (Å²) in [7, 11) is 0. The lowest BCUT2D eigenvalue weighted by Gasteiger charge is -2.36. The summed E-state index contributed by atoms with van der Waals surface area (Å²) < 4.78 is 0. The van der Waals surface area contributed by atoms with Crippen molar-refractivity contribution in [3.8, 4) is 0 Å². The predicted molar refractivity (Wildman–Crippen MR) is 115 cm³/mol. The van der Waals surface area contributed by atoms with Crippen LogP contribution in [0.15, 0.2) is 48.5 Å². The molecule has 1 N–H and O–H groups in total. The highest BCUT2D eigenvalue weighted by Gasteiger charge is 2.42. The SMILES string of the molecule is C[C@@H]1[C@H](C)CCC[C@@H]1NC(=O)[C@@H]1c2ccccc2C(=O)N1Cc1ccccc1Cl. The number of fused-ring (bicyclic) bond motifs is 1. The second kappa shape index (κ2) is 8.19. The fraction of sp³-hybridized carbons (Fsp3) is 0.417. The van der Waals surface area contributed by atoms with Crippen LogP contribution in [0.5, 0.6) is 0 Å². The van der Waals surface area contributed by atoms with Crippen molar-refractivity contribution < 1.29 is 9.59 Å². The zero-order chi connectivity index (χ0) is 20.5. The van der Waals surface area contributed by atoms with Crippen LogP contribution >= 0.6 is 11.6 Å². The van der Waals surface area contributed by atoms with Gasteiger partial charge in [0.15, 0.2) is 0 Å². The van der Waals surface area contributed by atoms with Gasteiger partial charge in [-0.2, -0.15) is 0 Å². The standard InChI is InChI=1S/C24H27ClN2O2/c1-15-8-7-13-21(16(15)2)26-23(28)22-18-10-4-5-11-19(18)24(29)27(22)14-17-9-3-6-12-20(17)25/h3-6,9-12,15-16,21-22H,7-8,13-14H2,1-2H3,(H,26,28)/t15-,16-,21+,22+/m1/s1. The zero-order valence-electron chi connectivity index (χ0n) is 16.9. The van der Waals surface area contributed by atoms with E-state index in [2.05, 4.69) is 19.2 Å². The summed E-state index contributed by atoms with van der Waals surface area (Å²) in [6.07, 6.45) is 3.32. The van der Waals surface area contributed by atoms with Crippen LogP contribution in [-0.4, -0.2) is 22.8 Å². The maximum absolute atomic E-state index is 13.4. The van der Waals surface area contributed by atoms with Crippen LogP contribution < -0.4 is 5.32 Å². The molecule has 1 saturated carbocycles. The summed E-state index contributed by atoms with van der Waals surface area (Å²) >= 11 is 6.34. The van der Waals surface area contributed by atoms with Crippen molar-refractivity contribution in [1.29, 1.82) is 0 Å². The van der Waals surface area contributed by atoms with E-state index in [0.717, 1.165) is 24.0 Å². The number of rotatable bonds is 4. The number of nitrogens with one attached hydrogen (secondary N) is 1. The smallest absolute Gasteiger partial charge is 0.255 e. The molecule has 0 spiro atoms. The highest BCUT2D eigenvalue weighted by Crippen LogP contribution is 2.37. The molecule has 1 heterocycles. The van der Waals surface area contributed by atoms with Crippen molar-refractivity contribution in [3.05, 3.63) is 70.2 Å². The van der Waals surface area contributed by atoms with Crippen LogP contribution in [0.4, 0.5) is 0 Å². The van der Waals surface area contributed by atoms with Gasteiger partial charge in [-0.25, -0.2) is 0 Å². The maximum atomic E-state index is 13.4. The third-order valence-corrected chi connectivity index (χ3v) is 7.01. The van der Waals surface area contributed by atoms with Gasteiger partial charge in [-0.1, -0.05) is 74.7 Å². The summed E-state index contributed by atoms with van der Waals surface area (Å²) in [5.74, 6) is 0.801. The normalized spacial score (nSPS) is 26.3. The van der Waals surface area contributed by atoms with Gasteiger partial charge in [0.1, 0.15) is 6.04 Å². The van der Waals surface area contributed by atoms with Crippen LogP contribution in [-0.2, 0) is 11.3 Å². The van der Waals surface area contributed by atoms with Gasteiger partial charge in [0.25, 0.3) is 5.91 Å². The Morgan fingerprint density at radius 1 is 1.10 bits per heavy atom. The van der Waals surface area contributed by atoms with E-state index >= 15 is 0 Å². The Hall–Kier alpha value is -2.33. The molecule has 4 nitrogen and oxygen atoms in total. The molecule has 152 valence electrons. The molecule has 2 aromatic carbocycles. The van der Waals surface area contributed by atoms with E-state index in [1.165, 1.54) is 6.42 Å². The molecule has 1 aliphatic carbocycles. The van der Waals surface area contributed by atoms with Crippen molar-refractivity contribution in [2.24, 2.45) is 11.8 Å². The Morgan fingerprint density at radius 3 is 2.62 bits per heavy atom. The molecule has 29 heavy (non-hydrogen) atoms. The first kappa shape index (κ1) is 20.0. The molecule has 2 amide bonds. The van der Waals surface area contributed by atoms with Crippen molar-refractivity contribution >= 4 is 23.4 Å². The first-order valence-corrected chi connectivity index (χ1v) is 10.8. The van der Waals surface area contributed by atoms with Gasteiger partial charge < -0.3 is 10.2 Å². The predicted octanol–water partition coefficient (Wildman–Crippen LogP) is 4.98. The topological polar surface area (TPSA) is 49.4 Å². The van der Waals surface area contributed by atoms with Crippen LogP contribution in [0, 0.1) is 11.8 Å². The Bertz CT molecular complexity index is 929.